The average molecular weight is 253 g/mol. The number of phenols is 1. The largest absolute Gasteiger partial charge is 0.507 e. The van der Waals surface area contributed by atoms with Gasteiger partial charge in [0.1, 0.15) is 5.75 Å². The van der Waals surface area contributed by atoms with Gasteiger partial charge in [0.15, 0.2) is 5.82 Å². The molecule has 0 unspecified atom stereocenters. The van der Waals surface area contributed by atoms with Gasteiger partial charge in [0.25, 0.3) is 5.89 Å². The highest BCUT2D eigenvalue weighted by Gasteiger charge is 2.13. The van der Waals surface area contributed by atoms with Crippen LogP contribution in [0.25, 0.3) is 11.5 Å². The molecule has 0 atom stereocenters. The van der Waals surface area contributed by atoms with E-state index in [1.165, 1.54) is 6.07 Å². The number of phenolic OH excluding ortho intramolecular Hbond substituents is 1. The third-order valence-electron chi connectivity index (χ3n) is 2.25. The first-order valence-corrected chi connectivity index (χ1v) is 5.75. The van der Waals surface area contributed by atoms with E-state index in [-0.39, 0.29) is 5.75 Å². The summed E-state index contributed by atoms with van der Waals surface area (Å²) in [6.07, 6.45) is 0.741. The molecule has 0 saturated heterocycles. The topological polar surface area (TPSA) is 59.2 Å². The van der Waals surface area contributed by atoms with Crippen molar-refractivity contribution in [3.05, 3.63) is 29.0 Å². The standard InChI is InChI=1S/C12H13ClN2O2/c1-7(2)5-11-14-12(17-15-11)9-6-8(13)3-4-10(9)16/h3-4,6-7,16H,5H2,1-2H3. The van der Waals surface area contributed by atoms with Crippen molar-refractivity contribution in [2.75, 3.05) is 0 Å². The number of rotatable bonds is 3. The lowest BCUT2D eigenvalue weighted by atomic mass is 10.1. The molecule has 1 heterocycles. The number of benzene rings is 1. The van der Waals surface area contributed by atoms with Crippen LogP contribution in [0.1, 0.15) is 19.7 Å². The van der Waals surface area contributed by atoms with Crippen LogP contribution in [0.4, 0.5) is 0 Å². The van der Waals surface area contributed by atoms with Crippen LogP contribution in [-0.2, 0) is 6.42 Å². The molecule has 90 valence electrons. The molecule has 0 bridgehead atoms. The van der Waals surface area contributed by atoms with Crippen molar-refractivity contribution < 1.29 is 9.63 Å². The number of hydrogen-bond acceptors (Lipinski definition) is 4. The molecule has 1 N–H and O–H groups in total. The minimum absolute atomic E-state index is 0.0779. The van der Waals surface area contributed by atoms with Crippen LogP contribution in [0.3, 0.4) is 0 Å². The molecule has 0 saturated carbocycles. The SMILES string of the molecule is CC(C)Cc1noc(-c2cc(Cl)ccc2O)n1. The summed E-state index contributed by atoms with van der Waals surface area (Å²) in [5, 5.41) is 14.1. The lowest BCUT2D eigenvalue weighted by Gasteiger charge is -1.99. The molecule has 5 heteroatoms. The zero-order valence-corrected chi connectivity index (χ0v) is 10.4. The van der Waals surface area contributed by atoms with Crippen LogP contribution < -0.4 is 0 Å². The Hall–Kier alpha value is -1.55. The molecule has 2 rings (SSSR count). The first-order chi connectivity index (χ1) is 8.06. The molecule has 0 radical (unpaired) electrons. The highest BCUT2D eigenvalue weighted by molar-refractivity contribution is 6.30. The summed E-state index contributed by atoms with van der Waals surface area (Å²) in [4.78, 5) is 4.23. The van der Waals surface area contributed by atoms with Crippen LogP contribution in [0.5, 0.6) is 5.75 Å². The molecular weight excluding hydrogens is 240 g/mol. The summed E-state index contributed by atoms with van der Waals surface area (Å²) in [5.41, 5.74) is 0.458. The zero-order chi connectivity index (χ0) is 12.4. The number of aromatic hydroxyl groups is 1. The van der Waals surface area contributed by atoms with Gasteiger partial charge in [-0.3, -0.25) is 0 Å². The molecule has 0 aliphatic rings. The van der Waals surface area contributed by atoms with E-state index >= 15 is 0 Å². The molecule has 1 aromatic carbocycles. The van der Waals surface area contributed by atoms with Crippen LogP contribution in [0.15, 0.2) is 22.7 Å². The molecule has 2 aromatic rings. The second kappa shape index (κ2) is 4.75. The molecule has 0 spiro atoms. The summed E-state index contributed by atoms with van der Waals surface area (Å²) in [6, 6.07) is 4.71. The third-order valence-corrected chi connectivity index (χ3v) is 2.48. The van der Waals surface area contributed by atoms with E-state index in [0.717, 1.165) is 6.42 Å². The molecule has 17 heavy (non-hydrogen) atoms. The molecule has 0 amide bonds. The normalized spacial score (nSPS) is 11.1. The van der Waals surface area contributed by atoms with Crippen LogP contribution in [-0.4, -0.2) is 15.2 Å². The minimum Gasteiger partial charge on any atom is -0.507 e. The Balaban J connectivity index is 2.33. The van der Waals surface area contributed by atoms with E-state index in [4.69, 9.17) is 16.1 Å². The van der Waals surface area contributed by atoms with Crippen molar-refractivity contribution in [3.63, 3.8) is 0 Å². The van der Waals surface area contributed by atoms with Crippen molar-refractivity contribution >= 4 is 11.6 Å². The highest BCUT2D eigenvalue weighted by Crippen LogP contribution is 2.30. The summed E-state index contributed by atoms with van der Waals surface area (Å²) < 4.78 is 5.11. The summed E-state index contributed by atoms with van der Waals surface area (Å²) in [6.45, 7) is 4.15. The minimum atomic E-state index is 0.0779. The Kier molecular flexibility index (Phi) is 3.33. The summed E-state index contributed by atoms with van der Waals surface area (Å²) in [5.74, 6) is 1.46. The number of hydrogen-bond donors (Lipinski definition) is 1. The lowest BCUT2D eigenvalue weighted by Crippen LogP contribution is -1.95. The number of nitrogens with zero attached hydrogens (tertiary/aromatic N) is 2. The Morgan fingerprint density at radius 1 is 1.41 bits per heavy atom. The average Bonchev–Trinajstić information content (AvgIpc) is 2.69. The van der Waals surface area contributed by atoms with Gasteiger partial charge in [-0.2, -0.15) is 4.98 Å². The Morgan fingerprint density at radius 2 is 2.18 bits per heavy atom. The van der Waals surface area contributed by atoms with Gasteiger partial charge in [-0.25, -0.2) is 0 Å². The maximum atomic E-state index is 9.69. The van der Waals surface area contributed by atoms with Gasteiger partial charge < -0.3 is 9.63 Å². The summed E-state index contributed by atoms with van der Waals surface area (Å²) >= 11 is 5.86. The fourth-order valence-electron chi connectivity index (χ4n) is 1.49. The smallest absolute Gasteiger partial charge is 0.261 e. The van der Waals surface area contributed by atoms with Gasteiger partial charge in [-0.1, -0.05) is 30.6 Å². The van der Waals surface area contributed by atoms with Gasteiger partial charge in [-0.15, -0.1) is 0 Å². The first-order valence-electron chi connectivity index (χ1n) is 5.37. The maximum absolute atomic E-state index is 9.69. The van der Waals surface area contributed by atoms with Crippen LogP contribution in [0.2, 0.25) is 5.02 Å². The highest BCUT2D eigenvalue weighted by atomic mass is 35.5. The number of halogens is 1. The van der Waals surface area contributed by atoms with Crippen molar-refractivity contribution in [3.8, 4) is 17.2 Å². The van der Waals surface area contributed by atoms with Crippen molar-refractivity contribution in [1.29, 1.82) is 0 Å². The predicted octanol–water partition coefficient (Wildman–Crippen LogP) is 3.29. The van der Waals surface area contributed by atoms with Crippen molar-refractivity contribution in [2.45, 2.75) is 20.3 Å². The molecule has 0 aliphatic heterocycles. The van der Waals surface area contributed by atoms with Crippen LogP contribution in [0, 0.1) is 5.92 Å². The van der Waals surface area contributed by atoms with E-state index in [0.29, 0.717) is 28.2 Å². The van der Waals surface area contributed by atoms with Crippen molar-refractivity contribution in [2.24, 2.45) is 5.92 Å². The van der Waals surface area contributed by atoms with E-state index in [2.05, 4.69) is 24.0 Å². The Morgan fingerprint density at radius 3 is 2.88 bits per heavy atom. The number of aromatic nitrogens is 2. The van der Waals surface area contributed by atoms with Gasteiger partial charge in [0.05, 0.1) is 5.56 Å². The molecule has 4 nitrogen and oxygen atoms in total. The Bertz CT molecular complexity index is 523. The molecule has 0 aliphatic carbocycles. The van der Waals surface area contributed by atoms with E-state index in [1.54, 1.807) is 12.1 Å². The molecular formula is C12H13ClN2O2. The van der Waals surface area contributed by atoms with Gasteiger partial charge >= 0.3 is 0 Å². The fraction of sp³-hybridized carbons (Fsp3) is 0.333. The molecule has 0 fully saturated rings. The fourth-order valence-corrected chi connectivity index (χ4v) is 1.66. The van der Waals surface area contributed by atoms with E-state index in [1.807, 2.05) is 0 Å². The Labute approximate surface area is 104 Å². The quantitative estimate of drug-likeness (QED) is 0.911. The molecule has 1 aromatic heterocycles. The van der Waals surface area contributed by atoms with Gasteiger partial charge in [-0.05, 0) is 24.1 Å². The van der Waals surface area contributed by atoms with Gasteiger partial charge in [0.2, 0.25) is 0 Å². The van der Waals surface area contributed by atoms with E-state index in [9.17, 15) is 5.11 Å². The predicted molar refractivity (Wildman–Crippen MR) is 65.0 cm³/mol. The third kappa shape index (κ3) is 2.77. The van der Waals surface area contributed by atoms with Crippen molar-refractivity contribution in [1.82, 2.24) is 10.1 Å². The second-order valence-corrected chi connectivity index (χ2v) is 4.71. The first kappa shape index (κ1) is 11.9. The second-order valence-electron chi connectivity index (χ2n) is 4.28. The lowest BCUT2D eigenvalue weighted by molar-refractivity contribution is 0.413. The zero-order valence-electron chi connectivity index (χ0n) is 9.64. The maximum Gasteiger partial charge on any atom is 0.261 e. The van der Waals surface area contributed by atoms with Crippen LogP contribution >= 0.6 is 11.6 Å². The summed E-state index contributed by atoms with van der Waals surface area (Å²) in [7, 11) is 0. The monoisotopic (exact) mass is 252 g/mol. The van der Waals surface area contributed by atoms with Gasteiger partial charge in [0, 0.05) is 11.4 Å². The van der Waals surface area contributed by atoms with E-state index < -0.39 is 0 Å².